The standard InChI is InChI=1S/C6H11NO3/c1-4(7)6(9)3-10-5(2)8/h4H,3,7H2,1-2H3. The number of hydrogen-bond acceptors (Lipinski definition) is 4. The van der Waals surface area contributed by atoms with Crippen molar-refractivity contribution in [3.05, 3.63) is 0 Å². The van der Waals surface area contributed by atoms with E-state index in [-0.39, 0.29) is 12.4 Å². The molecule has 10 heavy (non-hydrogen) atoms. The van der Waals surface area contributed by atoms with Gasteiger partial charge in [-0.1, -0.05) is 0 Å². The van der Waals surface area contributed by atoms with Gasteiger partial charge in [0.2, 0.25) is 0 Å². The monoisotopic (exact) mass is 145 g/mol. The minimum Gasteiger partial charge on any atom is -0.458 e. The lowest BCUT2D eigenvalue weighted by Gasteiger charge is -2.02. The summed E-state index contributed by atoms with van der Waals surface area (Å²) in [6, 6.07) is -0.556. The molecule has 0 aromatic heterocycles. The predicted octanol–water partition coefficient (Wildman–Crippen LogP) is -0.534. The van der Waals surface area contributed by atoms with Crippen LogP contribution in [0.1, 0.15) is 13.8 Å². The van der Waals surface area contributed by atoms with Crippen molar-refractivity contribution in [2.45, 2.75) is 19.9 Å². The number of carbonyl (C=O) groups is 2. The minimum absolute atomic E-state index is 0.215. The molecule has 0 aliphatic carbocycles. The molecule has 4 heteroatoms. The molecule has 4 nitrogen and oxygen atoms in total. The molecule has 0 fully saturated rings. The van der Waals surface area contributed by atoms with E-state index in [0.717, 1.165) is 0 Å². The fourth-order valence-corrected chi connectivity index (χ4v) is 0.304. The van der Waals surface area contributed by atoms with Gasteiger partial charge in [0.1, 0.15) is 0 Å². The Morgan fingerprint density at radius 3 is 2.40 bits per heavy atom. The number of nitrogens with two attached hydrogens (primary N) is 1. The maximum Gasteiger partial charge on any atom is 0.303 e. The van der Waals surface area contributed by atoms with Crippen LogP contribution in [-0.4, -0.2) is 24.4 Å². The van der Waals surface area contributed by atoms with Gasteiger partial charge in [-0.25, -0.2) is 0 Å². The SMILES string of the molecule is CC(=O)OCC(=O)C(C)N. The highest BCUT2D eigenvalue weighted by Crippen LogP contribution is 1.82. The first kappa shape index (κ1) is 9.10. The van der Waals surface area contributed by atoms with Crippen LogP contribution in [0.4, 0.5) is 0 Å². The molecule has 0 heterocycles. The molecule has 0 saturated carbocycles. The molecule has 1 atom stereocenters. The van der Waals surface area contributed by atoms with Crippen LogP contribution in [0.2, 0.25) is 0 Å². The van der Waals surface area contributed by atoms with Gasteiger partial charge in [-0.05, 0) is 6.92 Å². The molecule has 0 aliphatic rings. The molecule has 0 spiro atoms. The van der Waals surface area contributed by atoms with Crippen LogP contribution in [0, 0.1) is 0 Å². The topological polar surface area (TPSA) is 69.4 Å². The molecular weight excluding hydrogens is 134 g/mol. The van der Waals surface area contributed by atoms with Crippen LogP contribution >= 0.6 is 0 Å². The Balaban J connectivity index is 3.50. The first-order valence-electron chi connectivity index (χ1n) is 2.95. The van der Waals surface area contributed by atoms with Gasteiger partial charge in [0.05, 0.1) is 6.04 Å². The number of esters is 1. The van der Waals surface area contributed by atoms with Crippen LogP contribution in [0.5, 0.6) is 0 Å². The molecule has 0 rings (SSSR count). The zero-order valence-corrected chi connectivity index (χ0v) is 6.09. The van der Waals surface area contributed by atoms with Gasteiger partial charge < -0.3 is 10.5 Å². The van der Waals surface area contributed by atoms with Crippen LogP contribution in [0.25, 0.3) is 0 Å². The second-order valence-corrected chi connectivity index (χ2v) is 2.04. The first-order valence-corrected chi connectivity index (χ1v) is 2.95. The van der Waals surface area contributed by atoms with Crippen molar-refractivity contribution in [2.24, 2.45) is 5.73 Å². The van der Waals surface area contributed by atoms with E-state index in [4.69, 9.17) is 5.73 Å². The van der Waals surface area contributed by atoms with Crippen molar-refractivity contribution >= 4 is 11.8 Å². The molecule has 0 aromatic carbocycles. The Morgan fingerprint density at radius 1 is 1.60 bits per heavy atom. The van der Waals surface area contributed by atoms with Gasteiger partial charge in [0.25, 0.3) is 0 Å². The van der Waals surface area contributed by atoms with E-state index in [0.29, 0.717) is 0 Å². The van der Waals surface area contributed by atoms with Crippen molar-refractivity contribution in [2.75, 3.05) is 6.61 Å². The number of hydrogen-bond donors (Lipinski definition) is 1. The van der Waals surface area contributed by atoms with Crippen molar-refractivity contribution < 1.29 is 14.3 Å². The van der Waals surface area contributed by atoms with Crippen molar-refractivity contribution in [3.63, 3.8) is 0 Å². The summed E-state index contributed by atoms with van der Waals surface area (Å²) in [5, 5.41) is 0. The van der Waals surface area contributed by atoms with Crippen molar-refractivity contribution in [3.8, 4) is 0 Å². The lowest BCUT2D eigenvalue weighted by molar-refractivity contribution is -0.145. The van der Waals surface area contributed by atoms with Gasteiger partial charge in [-0.15, -0.1) is 0 Å². The summed E-state index contributed by atoms with van der Waals surface area (Å²) in [4.78, 5) is 20.8. The smallest absolute Gasteiger partial charge is 0.303 e. The molecule has 0 saturated heterocycles. The van der Waals surface area contributed by atoms with Gasteiger partial charge >= 0.3 is 5.97 Å². The summed E-state index contributed by atoms with van der Waals surface area (Å²) >= 11 is 0. The number of ketones is 1. The Morgan fingerprint density at radius 2 is 2.10 bits per heavy atom. The maximum absolute atomic E-state index is 10.6. The molecule has 0 bridgehead atoms. The molecule has 0 aliphatic heterocycles. The third-order valence-electron chi connectivity index (χ3n) is 0.926. The van der Waals surface area contributed by atoms with Crippen molar-refractivity contribution in [1.29, 1.82) is 0 Å². The summed E-state index contributed by atoms with van der Waals surface area (Å²) in [5.74, 6) is -0.732. The van der Waals surface area contributed by atoms with Crippen LogP contribution in [-0.2, 0) is 14.3 Å². The van der Waals surface area contributed by atoms with E-state index in [1.807, 2.05) is 0 Å². The zero-order chi connectivity index (χ0) is 8.15. The Bertz CT molecular complexity index is 142. The highest BCUT2D eigenvalue weighted by molar-refractivity contribution is 5.86. The average molecular weight is 145 g/mol. The fourth-order valence-electron chi connectivity index (χ4n) is 0.304. The second-order valence-electron chi connectivity index (χ2n) is 2.04. The molecule has 0 amide bonds. The lowest BCUT2D eigenvalue weighted by Crippen LogP contribution is -2.30. The van der Waals surface area contributed by atoms with E-state index in [1.54, 1.807) is 6.92 Å². The molecule has 0 radical (unpaired) electrons. The van der Waals surface area contributed by atoms with E-state index in [1.165, 1.54) is 6.92 Å². The highest BCUT2D eigenvalue weighted by Gasteiger charge is 2.08. The number of carbonyl (C=O) groups excluding carboxylic acids is 2. The summed E-state index contributed by atoms with van der Waals surface area (Å²) in [7, 11) is 0. The Labute approximate surface area is 59.3 Å². The van der Waals surface area contributed by atoms with Gasteiger partial charge in [-0.3, -0.25) is 9.59 Å². The lowest BCUT2D eigenvalue weighted by atomic mass is 10.2. The van der Waals surface area contributed by atoms with Gasteiger partial charge in [-0.2, -0.15) is 0 Å². The molecule has 58 valence electrons. The minimum atomic E-state index is -0.556. The molecular formula is C6H11NO3. The summed E-state index contributed by atoms with van der Waals surface area (Å²) in [6.45, 7) is 2.58. The van der Waals surface area contributed by atoms with E-state index >= 15 is 0 Å². The van der Waals surface area contributed by atoms with Crippen LogP contribution in [0.3, 0.4) is 0 Å². The third-order valence-corrected chi connectivity index (χ3v) is 0.926. The summed E-state index contributed by atoms with van der Waals surface area (Å²) < 4.78 is 4.40. The second kappa shape index (κ2) is 4.00. The normalized spacial score (nSPS) is 12.3. The van der Waals surface area contributed by atoms with Gasteiger partial charge in [0, 0.05) is 6.92 Å². The largest absolute Gasteiger partial charge is 0.458 e. The van der Waals surface area contributed by atoms with E-state index in [9.17, 15) is 9.59 Å². The first-order chi connectivity index (χ1) is 4.54. The summed E-state index contributed by atoms with van der Waals surface area (Å²) in [6.07, 6.45) is 0. The van der Waals surface area contributed by atoms with Crippen LogP contribution in [0.15, 0.2) is 0 Å². The summed E-state index contributed by atoms with van der Waals surface area (Å²) in [5.41, 5.74) is 5.18. The average Bonchev–Trinajstić information content (AvgIpc) is 1.82. The maximum atomic E-state index is 10.6. The Kier molecular flexibility index (Phi) is 3.64. The van der Waals surface area contributed by atoms with E-state index < -0.39 is 12.0 Å². The quantitative estimate of drug-likeness (QED) is 0.542. The van der Waals surface area contributed by atoms with Gasteiger partial charge in [0.15, 0.2) is 12.4 Å². The Hall–Kier alpha value is -0.900. The molecule has 1 unspecified atom stereocenters. The van der Waals surface area contributed by atoms with Crippen LogP contribution < -0.4 is 5.73 Å². The third kappa shape index (κ3) is 4.03. The number of ether oxygens (including phenoxy) is 1. The zero-order valence-electron chi connectivity index (χ0n) is 6.09. The molecule has 0 aromatic rings. The molecule has 2 N–H and O–H groups in total. The number of rotatable bonds is 3. The predicted molar refractivity (Wildman–Crippen MR) is 35.3 cm³/mol. The number of Topliss-reactive ketones (excluding diaryl/α,β-unsaturated/α-hetero) is 1. The van der Waals surface area contributed by atoms with Crippen molar-refractivity contribution in [1.82, 2.24) is 0 Å². The highest BCUT2D eigenvalue weighted by atomic mass is 16.5. The fraction of sp³-hybridized carbons (Fsp3) is 0.667. The van der Waals surface area contributed by atoms with E-state index in [2.05, 4.69) is 4.74 Å².